The summed E-state index contributed by atoms with van der Waals surface area (Å²) in [5.74, 6) is -0.122. The molecule has 1 aromatic rings. The summed E-state index contributed by atoms with van der Waals surface area (Å²) < 4.78 is 5.17. The third-order valence-corrected chi connectivity index (χ3v) is 3.60. The molecule has 2 rings (SSSR count). The van der Waals surface area contributed by atoms with Gasteiger partial charge in [-0.25, -0.2) is 0 Å². The van der Waals surface area contributed by atoms with Crippen LogP contribution in [0.4, 0.5) is 0 Å². The van der Waals surface area contributed by atoms with Gasteiger partial charge in [0.15, 0.2) is 0 Å². The summed E-state index contributed by atoms with van der Waals surface area (Å²) in [5, 5.41) is 6.95. The molecule has 1 aromatic heterocycles. The predicted octanol–water partition coefficient (Wildman–Crippen LogP) is 1.04. The normalized spacial score (nSPS) is 26.6. The van der Waals surface area contributed by atoms with Gasteiger partial charge in [-0.1, -0.05) is 0 Å². The smallest absolute Gasteiger partial charge is 0.243 e. The largest absolute Gasteiger partial charge is 0.379 e. The van der Waals surface area contributed by atoms with Crippen LogP contribution >= 0.6 is 11.3 Å². The number of carbonyl (C=O) groups excluding carboxylic acids is 1. The summed E-state index contributed by atoms with van der Waals surface area (Å²) in [7, 11) is 0. The second kappa shape index (κ2) is 4.53. The van der Waals surface area contributed by atoms with Crippen LogP contribution in [-0.2, 0) is 9.53 Å². The molecular weight excluding hydrogens is 224 g/mol. The number of rotatable bonds is 3. The number of hydrogen-bond acceptors (Lipinski definition) is 4. The topological polar surface area (TPSA) is 64.4 Å². The lowest BCUT2D eigenvalue weighted by atomic mass is 9.98. The Labute approximate surface area is 98.8 Å². The van der Waals surface area contributed by atoms with Crippen molar-refractivity contribution in [3.05, 3.63) is 22.4 Å². The molecule has 2 heterocycles. The minimum atomic E-state index is -0.843. The van der Waals surface area contributed by atoms with E-state index in [2.05, 4.69) is 5.32 Å². The van der Waals surface area contributed by atoms with Crippen molar-refractivity contribution in [2.45, 2.75) is 24.9 Å². The maximum absolute atomic E-state index is 12.0. The fourth-order valence-electron chi connectivity index (χ4n) is 1.70. The first-order chi connectivity index (χ1) is 7.62. The van der Waals surface area contributed by atoms with Crippen molar-refractivity contribution in [1.82, 2.24) is 5.32 Å². The van der Waals surface area contributed by atoms with Gasteiger partial charge in [0.25, 0.3) is 0 Å². The van der Waals surface area contributed by atoms with Gasteiger partial charge in [-0.15, -0.1) is 0 Å². The maximum atomic E-state index is 12.0. The van der Waals surface area contributed by atoms with Crippen LogP contribution in [-0.4, -0.2) is 24.7 Å². The molecule has 0 aromatic carbocycles. The molecule has 3 N–H and O–H groups in total. The van der Waals surface area contributed by atoms with Crippen LogP contribution in [0.3, 0.4) is 0 Å². The molecule has 5 heteroatoms. The van der Waals surface area contributed by atoms with Gasteiger partial charge in [0.1, 0.15) is 5.54 Å². The second-order valence-electron chi connectivity index (χ2n) is 4.21. The lowest BCUT2D eigenvalue weighted by Gasteiger charge is -2.23. The number of nitrogens with two attached hydrogens (primary N) is 1. The Bertz CT molecular complexity index is 358. The molecule has 0 saturated carbocycles. The average Bonchev–Trinajstić information content (AvgIpc) is 2.88. The van der Waals surface area contributed by atoms with Gasteiger partial charge in [-0.2, -0.15) is 11.3 Å². The highest BCUT2D eigenvalue weighted by Crippen LogP contribution is 2.19. The molecule has 1 fully saturated rings. The zero-order valence-corrected chi connectivity index (χ0v) is 10.0. The Morgan fingerprint density at radius 2 is 2.56 bits per heavy atom. The molecule has 1 amide bonds. The number of carbonyl (C=O) groups is 1. The molecule has 1 saturated heterocycles. The zero-order chi connectivity index (χ0) is 11.6. The number of amides is 1. The van der Waals surface area contributed by atoms with Gasteiger partial charge < -0.3 is 15.8 Å². The molecule has 2 unspecified atom stereocenters. The van der Waals surface area contributed by atoms with Gasteiger partial charge in [0.2, 0.25) is 5.91 Å². The Morgan fingerprint density at radius 1 is 1.75 bits per heavy atom. The van der Waals surface area contributed by atoms with Crippen LogP contribution in [0, 0.1) is 0 Å². The quantitative estimate of drug-likeness (QED) is 0.830. The molecule has 0 bridgehead atoms. The van der Waals surface area contributed by atoms with E-state index in [4.69, 9.17) is 10.5 Å². The summed E-state index contributed by atoms with van der Waals surface area (Å²) in [4.78, 5) is 12.0. The highest BCUT2D eigenvalue weighted by Gasteiger charge is 2.38. The minimum Gasteiger partial charge on any atom is -0.379 e. The summed E-state index contributed by atoms with van der Waals surface area (Å²) >= 11 is 1.62. The van der Waals surface area contributed by atoms with E-state index in [1.165, 1.54) is 0 Å². The number of nitrogens with one attached hydrogen (secondary N) is 1. The fourth-order valence-corrected chi connectivity index (χ4v) is 2.46. The van der Waals surface area contributed by atoms with Crippen molar-refractivity contribution in [3.63, 3.8) is 0 Å². The molecular formula is C11H16N2O2S. The number of thiophene rings is 1. The summed E-state index contributed by atoms with van der Waals surface area (Å²) in [6.07, 6.45) is 0.592. The number of ether oxygens (including phenoxy) is 1. The molecule has 88 valence electrons. The van der Waals surface area contributed by atoms with Gasteiger partial charge in [-0.3, -0.25) is 4.79 Å². The molecule has 0 radical (unpaired) electrons. The van der Waals surface area contributed by atoms with Crippen molar-refractivity contribution >= 4 is 17.2 Å². The average molecular weight is 240 g/mol. The highest BCUT2D eigenvalue weighted by molar-refractivity contribution is 7.07. The van der Waals surface area contributed by atoms with Crippen molar-refractivity contribution in [2.24, 2.45) is 5.73 Å². The maximum Gasteiger partial charge on any atom is 0.243 e. The summed E-state index contributed by atoms with van der Waals surface area (Å²) in [6.45, 7) is 2.84. The molecule has 0 spiro atoms. The molecule has 4 nitrogen and oxygen atoms in total. The van der Waals surface area contributed by atoms with Gasteiger partial charge in [0.05, 0.1) is 12.6 Å². The minimum absolute atomic E-state index is 0.000208. The first kappa shape index (κ1) is 11.6. The standard InChI is InChI=1S/C11H16N2O2S/c1-8(9-2-5-16-6-9)13-10(14)11(12)3-4-15-7-11/h2,5-6,8H,3-4,7,12H2,1H3,(H,13,14). The van der Waals surface area contributed by atoms with Crippen molar-refractivity contribution in [1.29, 1.82) is 0 Å². The van der Waals surface area contributed by atoms with Crippen molar-refractivity contribution in [2.75, 3.05) is 13.2 Å². The highest BCUT2D eigenvalue weighted by atomic mass is 32.1. The summed E-state index contributed by atoms with van der Waals surface area (Å²) in [5.41, 5.74) is 6.24. The van der Waals surface area contributed by atoms with E-state index < -0.39 is 5.54 Å². The van der Waals surface area contributed by atoms with E-state index in [1.54, 1.807) is 11.3 Å². The van der Waals surface area contributed by atoms with E-state index in [1.807, 2.05) is 23.8 Å². The summed E-state index contributed by atoms with van der Waals surface area (Å²) in [6, 6.07) is 2.00. The Hall–Kier alpha value is -0.910. The molecule has 0 aliphatic carbocycles. The Morgan fingerprint density at radius 3 is 3.12 bits per heavy atom. The first-order valence-corrected chi connectivity index (χ1v) is 6.26. The zero-order valence-electron chi connectivity index (χ0n) is 9.23. The van der Waals surface area contributed by atoms with E-state index in [0.717, 1.165) is 5.56 Å². The van der Waals surface area contributed by atoms with Gasteiger partial charge >= 0.3 is 0 Å². The molecule has 2 atom stereocenters. The van der Waals surface area contributed by atoms with Crippen LogP contribution in [0.2, 0.25) is 0 Å². The van der Waals surface area contributed by atoms with Crippen LogP contribution in [0.15, 0.2) is 16.8 Å². The van der Waals surface area contributed by atoms with Crippen molar-refractivity contribution in [3.8, 4) is 0 Å². The Balaban J connectivity index is 1.97. The fraction of sp³-hybridized carbons (Fsp3) is 0.545. The van der Waals surface area contributed by atoms with E-state index in [9.17, 15) is 4.79 Å². The molecule has 1 aliphatic heterocycles. The number of hydrogen-bond donors (Lipinski definition) is 2. The van der Waals surface area contributed by atoms with Crippen LogP contribution in [0.1, 0.15) is 24.9 Å². The predicted molar refractivity (Wildman–Crippen MR) is 63.2 cm³/mol. The first-order valence-electron chi connectivity index (χ1n) is 5.31. The Kier molecular flexibility index (Phi) is 3.28. The van der Waals surface area contributed by atoms with Crippen LogP contribution in [0.25, 0.3) is 0 Å². The molecule has 1 aliphatic rings. The van der Waals surface area contributed by atoms with Crippen LogP contribution < -0.4 is 11.1 Å². The van der Waals surface area contributed by atoms with E-state index >= 15 is 0 Å². The lowest BCUT2D eigenvalue weighted by Crippen LogP contribution is -2.54. The van der Waals surface area contributed by atoms with E-state index in [0.29, 0.717) is 19.6 Å². The lowest BCUT2D eigenvalue weighted by molar-refractivity contribution is -0.127. The SMILES string of the molecule is CC(NC(=O)C1(N)CCOC1)c1ccsc1. The molecule has 16 heavy (non-hydrogen) atoms. The third-order valence-electron chi connectivity index (χ3n) is 2.90. The second-order valence-corrected chi connectivity index (χ2v) is 4.99. The third kappa shape index (κ3) is 2.26. The van der Waals surface area contributed by atoms with E-state index in [-0.39, 0.29) is 11.9 Å². The monoisotopic (exact) mass is 240 g/mol. The van der Waals surface area contributed by atoms with Crippen molar-refractivity contribution < 1.29 is 9.53 Å². The van der Waals surface area contributed by atoms with Gasteiger partial charge in [0, 0.05) is 6.61 Å². The van der Waals surface area contributed by atoms with Gasteiger partial charge in [-0.05, 0) is 35.7 Å². The van der Waals surface area contributed by atoms with Crippen LogP contribution in [0.5, 0.6) is 0 Å².